The molecule has 0 aromatic carbocycles. The molecule has 23 heteroatoms. The number of nitrogens with zero attached hydrogens (tertiary/aromatic N) is 1. The van der Waals surface area contributed by atoms with Gasteiger partial charge in [0.25, 0.3) is 11.8 Å². The molecule has 0 aromatic rings. The second-order valence-electron chi connectivity index (χ2n) is 14.0. The summed E-state index contributed by atoms with van der Waals surface area (Å²) in [5.74, 6) is -1.88. The van der Waals surface area contributed by atoms with Crippen molar-refractivity contribution in [1.82, 2.24) is 5.06 Å². The van der Waals surface area contributed by atoms with Crippen molar-refractivity contribution >= 4 is 17.8 Å². The molecule has 0 N–H and O–H groups in total. The van der Waals surface area contributed by atoms with Crippen LogP contribution in [0.2, 0.25) is 0 Å². The molecule has 0 radical (unpaired) electrons. The first-order valence-corrected chi connectivity index (χ1v) is 22.6. The number of hydroxylamine groups is 2. The van der Waals surface area contributed by atoms with Gasteiger partial charge in [-0.1, -0.05) is 0 Å². The van der Waals surface area contributed by atoms with Crippen LogP contribution in [0.15, 0.2) is 0 Å². The van der Waals surface area contributed by atoms with E-state index in [4.69, 9.17) is 90.1 Å². The summed E-state index contributed by atoms with van der Waals surface area (Å²) >= 11 is 0. The van der Waals surface area contributed by atoms with Crippen LogP contribution in [0.5, 0.6) is 0 Å². The normalized spacial score (nSPS) is 14.9. The van der Waals surface area contributed by atoms with Gasteiger partial charge >= 0.3 is 5.97 Å². The predicted octanol–water partition coefficient (Wildman–Crippen LogP) is 0.644. The second-order valence-corrected chi connectivity index (χ2v) is 14.0. The number of carbonyl (C=O) groups excluding carboxylic acids is 3. The maximum absolute atomic E-state index is 12.5. The van der Waals surface area contributed by atoms with Crippen LogP contribution in [-0.2, 0) is 104 Å². The number of hydrogen-bond donors (Lipinski definition) is 0. The van der Waals surface area contributed by atoms with Crippen LogP contribution >= 0.6 is 0 Å². The standard InChI is InChI=1S/C43H81NO22/c1-48-13-17-54-23-27-58-22-21-53-12-10-37(62-34-31-59-28-24-55-18-14-49-2)41(63-35-32-60-29-25-56-19-15-50-3)42(64-36-33-61-30-26-57-20-16-51-4)43(52-5)65-11-6-7-40(47)66-44-38(45)8-9-39(44)46/h37,41-43H,6-36H2,1-5H3/t37?,41-,42?,43?/m0/s1. The zero-order chi connectivity index (χ0) is 48.0. The van der Waals surface area contributed by atoms with Gasteiger partial charge in [0.15, 0.2) is 6.29 Å². The van der Waals surface area contributed by atoms with E-state index in [0.29, 0.717) is 130 Å². The summed E-state index contributed by atoms with van der Waals surface area (Å²) in [7, 11) is 7.89. The highest BCUT2D eigenvalue weighted by molar-refractivity contribution is 6.01. The Balaban J connectivity index is 3.19. The molecule has 1 rings (SSSR count). The largest absolute Gasteiger partial charge is 0.382 e. The van der Waals surface area contributed by atoms with Gasteiger partial charge < -0.3 is 90.1 Å². The van der Waals surface area contributed by atoms with Gasteiger partial charge in [-0.05, 0) is 12.8 Å². The molecular weight excluding hydrogens is 882 g/mol. The Morgan fingerprint density at radius 2 is 0.773 bits per heavy atom. The Bertz CT molecular complexity index is 1100. The van der Waals surface area contributed by atoms with Gasteiger partial charge in [-0.15, -0.1) is 5.06 Å². The fourth-order valence-electron chi connectivity index (χ4n) is 5.62. The molecule has 0 spiro atoms. The predicted molar refractivity (Wildman–Crippen MR) is 232 cm³/mol. The number of ether oxygens (including phenoxy) is 18. The van der Waals surface area contributed by atoms with Crippen molar-refractivity contribution in [3.05, 3.63) is 0 Å². The van der Waals surface area contributed by atoms with Crippen LogP contribution in [0.1, 0.15) is 32.1 Å². The molecule has 1 fully saturated rings. The zero-order valence-electron chi connectivity index (χ0n) is 40.2. The van der Waals surface area contributed by atoms with Gasteiger partial charge in [0.1, 0.15) is 12.2 Å². The number of imide groups is 1. The first-order valence-electron chi connectivity index (χ1n) is 22.6. The fraction of sp³-hybridized carbons (Fsp3) is 0.930. The topological polar surface area (TPSA) is 230 Å². The molecule has 1 aliphatic heterocycles. The highest BCUT2D eigenvalue weighted by Crippen LogP contribution is 2.22. The Kier molecular flexibility index (Phi) is 43.7. The summed E-state index contributed by atoms with van der Waals surface area (Å²) < 4.78 is 103. The molecule has 0 aromatic heterocycles. The monoisotopic (exact) mass is 964 g/mol. The zero-order valence-corrected chi connectivity index (χ0v) is 40.2. The van der Waals surface area contributed by atoms with Crippen molar-refractivity contribution in [3.63, 3.8) is 0 Å². The van der Waals surface area contributed by atoms with E-state index in [2.05, 4.69) is 0 Å². The van der Waals surface area contributed by atoms with Gasteiger partial charge in [-0.3, -0.25) is 9.59 Å². The number of hydrogen-bond acceptors (Lipinski definition) is 22. The van der Waals surface area contributed by atoms with Crippen LogP contribution in [-0.4, -0.2) is 255 Å². The van der Waals surface area contributed by atoms with E-state index < -0.39 is 42.4 Å². The SMILES string of the molecule is COCCOCCOCCOCCC(OCCOCCOCCOC)[C@H](OCCOCCOCCOC)C(OCCOCCOCCOC)C(OC)OCCCC(=O)ON1C(=O)CCC1=O. The van der Waals surface area contributed by atoms with Crippen molar-refractivity contribution in [2.75, 3.05) is 207 Å². The molecule has 66 heavy (non-hydrogen) atoms. The molecule has 1 aliphatic rings. The Hall–Kier alpha value is -2.11. The van der Waals surface area contributed by atoms with Crippen molar-refractivity contribution in [2.24, 2.45) is 0 Å². The van der Waals surface area contributed by atoms with Crippen LogP contribution in [0.3, 0.4) is 0 Å². The third-order valence-electron chi connectivity index (χ3n) is 8.97. The molecule has 4 atom stereocenters. The van der Waals surface area contributed by atoms with E-state index in [1.54, 1.807) is 28.4 Å². The molecule has 1 saturated heterocycles. The molecule has 1 heterocycles. The number of amides is 2. The molecule has 0 aliphatic carbocycles. The summed E-state index contributed by atoms with van der Waals surface area (Å²) in [5.41, 5.74) is 0. The molecule has 390 valence electrons. The third kappa shape index (κ3) is 34.2. The van der Waals surface area contributed by atoms with Gasteiger partial charge in [0.05, 0.1) is 178 Å². The van der Waals surface area contributed by atoms with Crippen molar-refractivity contribution in [3.8, 4) is 0 Å². The van der Waals surface area contributed by atoms with Crippen LogP contribution in [0.25, 0.3) is 0 Å². The third-order valence-corrected chi connectivity index (χ3v) is 8.97. The number of carbonyl (C=O) groups is 3. The molecule has 3 unspecified atom stereocenters. The van der Waals surface area contributed by atoms with Crippen molar-refractivity contribution < 1.29 is 104 Å². The minimum atomic E-state index is -1.05. The van der Waals surface area contributed by atoms with E-state index in [9.17, 15) is 14.4 Å². The highest BCUT2D eigenvalue weighted by atomic mass is 16.7. The summed E-state index contributed by atoms with van der Waals surface area (Å²) in [5, 5.41) is 0.512. The Morgan fingerprint density at radius 1 is 0.424 bits per heavy atom. The molecule has 0 bridgehead atoms. The molecule has 0 saturated carbocycles. The maximum Gasteiger partial charge on any atom is 0.333 e. The van der Waals surface area contributed by atoms with E-state index in [-0.39, 0.29) is 78.5 Å². The molecular formula is C43H81NO22. The lowest BCUT2D eigenvalue weighted by atomic mass is 10.0. The van der Waals surface area contributed by atoms with E-state index in [1.807, 2.05) is 0 Å². The average molecular weight is 964 g/mol. The van der Waals surface area contributed by atoms with Crippen molar-refractivity contribution in [1.29, 1.82) is 0 Å². The summed E-state index contributed by atoms with van der Waals surface area (Å²) in [6.45, 7) is 8.80. The Morgan fingerprint density at radius 3 is 1.17 bits per heavy atom. The average Bonchev–Trinajstić information content (AvgIpc) is 3.63. The maximum atomic E-state index is 12.5. The smallest absolute Gasteiger partial charge is 0.333 e. The molecule has 2 amide bonds. The minimum absolute atomic E-state index is 0.00753. The summed E-state index contributed by atoms with van der Waals surface area (Å²) in [4.78, 5) is 41.5. The second kappa shape index (κ2) is 46.6. The van der Waals surface area contributed by atoms with Gasteiger partial charge in [-0.25, -0.2) is 4.79 Å². The highest BCUT2D eigenvalue weighted by Gasteiger charge is 2.39. The molecule has 23 nitrogen and oxygen atoms in total. The van der Waals surface area contributed by atoms with Crippen molar-refractivity contribution in [2.45, 2.75) is 56.7 Å². The first kappa shape index (κ1) is 61.9. The number of rotatable bonds is 52. The van der Waals surface area contributed by atoms with Crippen LogP contribution in [0, 0.1) is 0 Å². The lowest BCUT2D eigenvalue weighted by Gasteiger charge is -2.37. The van der Waals surface area contributed by atoms with E-state index in [0.717, 1.165) is 0 Å². The van der Waals surface area contributed by atoms with Gasteiger partial charge in [-0.2, -0.15) is 0 Å². The lowest BCUT2D eigenvalue weighted by molar-refractivity contribution is -0.248. The van der Waals surface area contributed by atoms with E-state index >= 15 is 0 Å². The minimum Gasteiger partial charge on any atom is -0.382 e. The lowest BCUT2D eigenvalue weighted by Crippen LogP contribution is -2.51. The van der Waals surface area contributed by atoms with Gasteiger partial charge in [0.2, 0.25) is 0 Å². The fourth-order valence-corrected chi connectivity index (χ4v) is 5.62. The first-order chi connectivity index (χ1) is 32.4. The van der Waals surface area contributed by atoms with Crippen LogP contribution < -0.4 is 0 Å². The number of methoxy groups -OCH3 is 5. The van der Waals surface area contributed by atoms with Gasteiger partial charge in [0, 0.05) is 55.0 Å². The van der Waals surface area contributed by atoms with Crippen LogP contribution in [0.4, 0.5) is 0 Å². The summed E-state index contributed by atoms with van der Waals surface area (Å²) in [6.07, 6.45) is -3.12. The quantitative estimate of drug-likeness (QED) is 0.0463. The Labute approximate surface area is 390 Å². The van der Waals surface area contributed by atoms with E-state index in [1.165, 1.54) is 7.11 Å². The summed E-state index contributed by atoms with van der Waals surface area (Å²) in [6, 6.07) is 0.